The van der Waals surface area contributed by atoms with Gasteiger partial charge < -0.3 is 14.8 Å². The minimum Gasteiger partial charge on any atom is -0.339 e. The van der Waals surface area contributed by atoms with Crippen molar-refractivity contribution in [3.63, 3.8) is 0 Å². The lowest BCUT2D eigenvalue weighted by Gasteiger charge is -2.37. The molecule has 6 fully saturated rings. The monoisotopic (exact) mass is 779 g/mol. The van der Waals surface area contributed by atoms with Gasteiger partial charge in [-0.25, -0.2) is 13.4 Å². The van der Waals surface area contributed by atoms with Crippen molar-refractivity contribution in [2.24, 2.45) is 51.9 Å². The number of aromatic nitrogens is 2. The second-order valence-corrected chi connectivity index (χ2v) is 21.6. The van der Waals surface area contributed by atoms with Crippen LogP contribution in [0.3, 0.4) is 0 Å². The Morgan fingerprint density at radius 3 is 2.18 bits per heavy atom. The average molecular weight is 780 g/mol. The molecular weight excluding hydrogens is 719 g/mol. The summed E-state index contributed by atoms with van der Waals surface area (Å²) >= 11 is 0. The Bertz CT molecular complexity index is 1880. The minimum atomic E-state index is -3.83. The summed E-state index contributed by atoms with van der Waals surface area (Å²) in [5.41, 5.74) is -2.23. The molecule has 1 aromatic rings. The Kier molecular flexibility index (Phi) is 9.89. The fourth-order valence-electron chi connectivity index (χ4n) is 11.4. The molecule has 13 heteroatoms. The molecule has 0 bridgehead atoms. The third-order valence-electron chi connectivity index (χ3n) is 15.6. The third-order valence-corrected chi connectivity index (χ3v) is 17.4. The Labute approximate surface area is 326 Å². The lowest BCUT2D eigenvalue weighted by molar-refractivity contribution is -0.146. The molecular formula is C42H61N5O7S. The van der Waals surface area contributed by atoms with Crippen LogP contribution in [0.25, 0.3) is 0 Å². The largest absolute Gasteiger partial charge is 0.339 e. The van der Waals surface area contributed by atoms with Crippen molar-refractivity contribution in [1.82, 2.24) is 24.5 Å². The molecule has 5 saturated carbocycles. The molecule has 2 heterocycles. The molecule has 12 nitrogen and oxygen atoms in total. The summed E-state index contributed by atoms with van der Waals surface area (Å²) in [5.74, 6) is -2.75. The molecule has 1 saturated heterocycles. The molecule has 6 aliphatic rings. The molecule has 0 unspecified atom stereocenters. The van der Waals surface area contributed by atoms with Gasteiger partial charge in [-0.2, -0.15) is 0 Å². The van der Waals surface area contributed by atoms with E-state index in [0.717, 1.165) is 51.4 Å². The highest BCUT2D eigenvalue weighted by atomic mass is 32.2. The van der Waals surface area contributed by atoms with Gasteiger partial charge in [-0.3, -0.25) is 28.7 Å². The van der Waals surface area contributed by atoms with Crippen LogP contribution in [0.5, 0.6) is 0 Å². The maximum atomic E-state index is 15.2. The zero-order chi connectivity index (χ0) is 39.9. The maximum absolute atomic E-state index is 15.2. The zero-order valence-electron chi connectivity index (χ0n) is 33.6. The molecule has 0 aromatic carbocycles. The van der Waals surface area contributed by atoms with Crippen molar-refractivity contribution < 1.29 is 32.4 Å². The molecule has 5 aliphatic carbocycles. The number of hydrogen-bond acceptors (Lipinski definition) is 8. The minimum absolute atomic E-state index is 0.0264. The number of hydrogen-bond donors (Lipinski definition) is 2. The number of sulfonamides is 1. The highest BCUT2D eigenvalue weighted by Crippen LogP contribution is 2.88. The fraction of sp³-hybridized carbons (Fsp3) is 0.762. The first kappa shape index (κ1) is 39.9. The van der Waals surface area contributed by atoms with Crippen molar-refractivity contribution in [3.05, 3.63) is 30.9 Å². The van der Waals surface area contributed by atoms with E-state index < -0.39 is 55.9 Å². The van der Waals surface area contributed by atoms with Gasteiger partial charge in [0, 0.05) is 50.2 Å². The molecule has 302 valence electrons. The van der Waals surface area contributed by atoms with Gasteiger partial charge in [0.05, 0.1) is 22.7 Å². The first-order chi connectivity index (χ1) is 25.7. The third kappa shape index (κ3) is 6.51. The van der Waals surface area contributed by atoms with Gasteiger partial charge in [0.1, 0.15) is 0 Å². The van der Waals surface area contributed by atoms with E-state index in [1.54, 1.807) is 35.0 Å². The maximum Gasteiger partial charge on any atom is 0.287 e. The number of aryl methyl sites for hydroxylation is 1. The summed E-state index contributed by atoms with van der Waals surface area (Å²) in [6.07, 6.45) is 14.2. The van der Waals surface area contributed by atoms with Crippen LogP contribution in [0.2, 0.25) is 0 Å². The summed E-state index contributed by atoms with van der Waals surface area (Å²) in [4.78, 5) is 77.6. The summed E-state index contributed by atoms with van der Waals surface area (Å²) in [6, 6.07) is -1.58. The van der Waals surface area contributed by atoms with Gasteiger partial charge in [-0.1, -0.05) is 66.4 Å². The van der Waals surface area contributed by atoms with Crippen LogP contribution < -0.4 is 10.0 Å². The van der Waals surface area contributed by atoms with Gasteiger partial charge in [0.25, 0.3) is 5.91 Å². The predicted octanol–water partition coefficient (Wildman–Crippen LogP) is 5.28. The van der Waals surface area contributed by atoms with Crippen LogP contribution in [0.4, 0.5) is 0 Å². The number of nitrogens with one attached hydrogen (secondary N) is 2. The smallest absolute Gasteiger partial charge is 0.287 e. The van der Waals surface area contributed by atoms with E-state index in [-0.39, 0.29) is 64.2 Å². The number of likely N-dealkylation sites (tertiary alicyclic amines) is 1. The molecule has 1 aromatic heterocycles. The lowest BCUT2D eigenvalue weighted by Crippen LogP contribution is -2.51. The fourth-order valence-corrected chi connectivity index (χ4v) is 12.8. The van der Waals surface area contributed by atoms with E-state index in [9.17, 15) is 27.6 Å². The van der Waals surface area contributed by atoms with Crippen LogP contribution in [0, 0.1) is 44.8 Å². The molecule has 2 N–H and O–H groups in total. The number of nitrogens with zero attached hydrogens (tertiary/aromatic N) is 3. The Balaban J connectivity index is 1.17. The topological polar surface area (TPSA) is 165 Å². The van der Waals surface area contributed by atoms with Crippen molar-refractivity contribution >= 4 is 39.3 Å². The predicted molar refractivity (Wildman–Crippen MR) is 207 cm³/mol. The average Bonchev–Trinajstić information content (AvgIpc) is 4.04. The number of fused-ring (bicyclic) bond motifs is 1. The van der Waals surface area contributed by atoms with Crippen LogP contribution in [-0.2, 0) is 36.2 Å². The summed E-state index contributed by atoms with van der Waals surface area (Å²) < 4.78 is 29.6. The molecule has 1 aliphatic heterocycles. The van der Waals surface area contributed by atoms with E-state index in [4.69, 9.17) is 0 Å². The standard InChI is InChI=1S/C42H61N5O7S/c1-8-27-22-40(27,37(52)45-55(53,54)28-15-16-28)24-32(49)30-23-42(39(5,6)41(42)17-12-18-41)25-47(30)36(51)29(38(2,3)4)21-31(48)33(26-13-10-9-11-14-26)44-35(50)34-43-19-20-46(34)7/h8,19-20,26-30,33H,1,9-18,21-25H2,2-7H3,(H,44,50)(H,45,52)/t27-,29+,30-,33-,40-,42+/m0/s1. The summed E-state index contributed by atoms with van der Waals surface area (Å²) in [6.45, 7) is 14.6. The van der Waals surface area contributed by atoms with Crippen LogP contribution >= 0.6 is 0 Å². The van der Waals surface area contributed by atoms with E-state index >= 15 is 4.79 Å². The molecule has 2 spiro atoms. The number of rotatable bonds is 14. The van der Waals surface area contributed by atoms with Crippen molar-refractivity contribution in [2.75, 3.05) is 6.54 Å². The number of carbonyl (C=O) groups excluding carboxylic acids is 5. The van der Waals surface area contributed by atoms with E-state index in [2.05, 4.69) is 35.4 Å². The van der Waals surface area contributed by atoms with Gasteiger partial charge in [-0.05, 0) is 79.4 Å². The molecule has 7 rings (SSSR count). The van der Waals surface area contributed by atoms with Crippen molar-refractivity contribution in [1.29, 1.82) is 0 Å². The van der Waals surface area contributed by atoms with Gasteiger partial charge >= 0.3 is 0 Å². The zero-order valence-corrected chi connectivity index (χ0v) is 34.4. The van der Waals surface area contributed by atoms with Crippen LogP contribution in [0.1, 0.15) is 135 Å². The number of amides is 3. The number of imidazole rings is 1. The first-order valence-electron chi connectivity index (χ1n) is 20.6. The number of ketones is 2. The SMILES string of the molecule is C=C[C@H]1C[C@@]1(CC(=O)[C@@H]1C[C@@]2(CN1C(=O)[C@@H](CC(=O)[C@@H](NC(=O)c1nccn1C)C1CCCCC1)C(C)(C)C)C(C)(C)C21CCC1)C(=O)NS(=O)(=O)C1CC1. The second-order valence-electron chi connectivity index (χ2n) is 19.6. The normalized spacial score (nSPS) is 30.6. The summed E-state index contributed by atoms with van der Waals surface area (Å²) in [5, 5.41) is 2.44. The van der Waals surface area contributed by atoms with Gasteiger partial charge in [-0.15, -0.1) is 6.58 Å². The quantitative estimate of drug-likeness (QED) is 0.241. The van der Waals surface area contributed by atoms with Crippen molar-refractivity contribution in [3.8, 4) is 0 Å². The van der Waals surface area contributed by atoms with E-state index in [1.807, 2.05) is 20.8 Å². The highest BCUT2D eigenvalue weighted by molar-refractivity contribution is 7.90. The first-order valence-corrected chi connectivity index (χ1v) is 22.1. The van der Waals surface area contributed by atoms with E-state index in [0.29, 0.717) is 32.2 Å². The van der Waals surface area contributed by atoms with Crippen LogP contribution in [0.15, 0.2) is 25.0 Å². The molecule has 6 atom stereocenters. The molecule has 55 heavy (non-hydrogen) atoms. The second kappa shape index (κ2) is 13.6. The van der Waals surface area contributed by atoms with Crippen molar-refractivity contribution in [2.45, 2.75) is 142 Å². The molecule has 3 amide bonds. The van der Waals surface area contributed by atoms with Gasteiger partial charge in [0.15, 0.2) is 17.4 Å². The number of carbonyl (C=O) groups is 5. The Hall–Kier alpha value is -3.35. The number of allylic oxidation sites excluding steroid dienone is 1. The van der Waals surface area contributed by atoms with E-state index in [1.165, 1.54) is 0 Å². The molecule has 0 radical (unpaired) electrons. The Morgan fingerprint density at radius 1 is 1.00 bits per heavy atom. The summed E-state index contributed by atoms with van der Waals surface area (Å²) in [7, 11) is -2.09. The Morgan fingerprint density at radius 2 is 1.67 bits per heavy atom. The van der Waals surface area contributed by atoms with Crippen LogP contribution in [-0.4, -0.2) is 76.0 Å². The number of Topliss-reactive ketones (excluding diaryl/α,β-unsaturated/α-hetero) is 2. The van der Waals surface area contributed by atoms with Gasteiger partial charge in [0.2, 0.25) is 21.8 Å². The lowest BCUT2D eigenvalue weighted by atomic mass is 9.73. The highest BCUT2D eigenvalue weighted by Gasteiger charge is 2.85.